The number of fused-ring (bicyclic) bond motifs is 3. The zero-order valence-electron chi connectivity index (χ0n) is 33.9. The van der Waals surface area contributed by atoms with Crippen molar-refractivity contribution in [2.24, 2.45) is 0 Å². The molecule has 0 radical (unpaired) electrons. The molecule has 0 saturated carbocycles. The molecule has 1 aliphatic heterocycles. The summed E-state index contributed by atoms with van der Waals surface area (Å²) in [4.78, 5) is 50.3. The van der Waals surface area contributed by atoms with Crippen LogP contribution in [-0.4, -0.2) is 57.5 Å². The number of aromatic carboxylic acids is 1. The molecule has 13 heteroatoms. The smallest absolute Gasteiger partial charge is 0.545 e. The van der Waals surface area contributed by atoms with E-state index in [9.17, 15) is 28.9 Å². The van der Waals surface area contributed by atoms with Crippen LogP contribution in [0, 0.1) is 0 Å². The first kappa shape index (κ1) is 42.6. The number of hydrogen-bond donors (Lipinski definition) is 2. The third kappa shape index (κ3) is 10.8. The number of phosphoric ester groups is 1. The summed E-state index contributed by atoms with van der Waals surface area (Å²) in [6.07, 6.45) is 6.88. The van der Waals surface area contributed by atoms with Gasteiger partial charge >= 0.3 is 13.8 Å². The van der Waals surface area contributed by atoms with Crippen LogP contribution in [0.4, 0.5) is 5.69 Å². The van der Waals surface area contributed by atoms with Crippen LogP contribution in [0.2, 0.25) is 0 Å². The minimum Gasteiger partial charge on any atom is -0.545 e. The van der Waals surface area contributed by atoms with E-state index >= 15 is 0 Å². The first-order chi connectivity index (χ1) is 28.3. The Kier molecular flexibility index (Phi) is 13.9. The highest BCUT2D eigenvalue weighted by Crippen LogP contribution is 2.46. The lowest BCUT2D eigenvalue weighted by Crippen LogP contribution is -2.26. The van der Waals surface area contributed by atoms with Crippen LogP contribution in [0.15, 0.2) is 101 Å². The Hall–Kier alpha value is -5.97. The number of carbonyl (C=O) groups excluding carboxylic acids is 3. The molecule has 59 heavy (non-hydrogen) atoms. The van der Waals surface area contributed by atoms with Crippen molar-refractivity contribution in [2.75, 3.05) is 39.6 Å². The molecule has 1 heterocycles. The molecule has 308 valence electrons. The van der Waals surface area contributed by atoms with Gasteiger partial charge in [0.2, 0.25) is 5.36 Å². The van der Waals surface area contributed by atoms with Gasteiger partial charge in [0.25, 0.3) is 5.91 Å². The van der Waals surface area contributed by atoms with Gasteiger partial charge in [-0.05, 0) is 60.2 Å². The summed E-state index contributed by atoms with van der Waals surface area (Å²) in [6, 6.07) is 28.5. The van der Waals surface area contributed by atoms with E-state index in [4.69, 9.17) is 13.5 Å². The second-order valence-electron chi connectivity index (χ2n) is 15.0. The van der Waals surface area contributed by atoms with Crippen LogP contribution in [0.1, 0.15) is 78.5 Å². The molecule has 2 aliphatic rings. The SMILES string of the molecule is CN(C)c1ccc2c(-c3cc(C(=O)NCCCCCCCCCCC(=O)OP(=O)(O)Oc4cccc5ccccc45)ccc3C(=O)[O-])c3ccc(=[N+](C)C)cc-3oc2c1. The van der Waals surface area contributed by atoms with Crippen molar-refractivity contribution in [3.05, 3.63) is 114 Å². The summed E-state index contributed by atoms with van der Waals surface area (Å²) >= 11 is 0. The van der Waals surface area contributed by atoms with Gasteiger partial charge in [-0.2, -0.15) is 0 Å². The third-order valence-corrected chi connectivity index (χ3v) is 11.1. The quantitative estimate of drug-likeness (QED) is 0.0379. The molecule has 1 amide bonds. The first-order valence-corrected chi connectivity index (χ1v) is 21.4. The molecule has 0 spiro atoms. The van der Waals surface area contributed by atoms with Crippen LogP contribution >= 0.6 is 7.82 Å². The van der Waals surface area contributed by atoms with Gasteiger partial charge in [0.1, 0.15) is 31.2 Å². The number of carbonyl (C=O) groups is 3. The number of rotatable bonds is 18. The molecular formula is C46H50N3O9P. The third-order valence-electron chi connectivity index (χ3n) is 10.3. The van der Waals surface area contributed by atoms with Gasteiger partial charge in [-0.3, -0.25) is 14.5 Å². The highest BCUT2D eigenvalue weighted by Gasteiger charge is 2.29. The maximum atomic E-state index is 13.4. The summed E-state index contributed by atoms with van der Waals surface area (Å²) in [5, 5.41) is 18.6. The number of carboxylic acids is 1. The molecule has 4 aromatic rings. The molecule has 0 aromatic heterocycles. The first-order valence-electron chi connectivity index (χ1n) is 19.9. The van der Waals surface area contributed by atoms with E-state index < -0.39 is 19.8 Å². The number of nitrogens with zero attached hydrogens (tertiary/aromatic N) is 2. The zero-order chi connectivity index (χ0) is 42.1. The van der Waals surface area contributed by atoms with Crippen molar-refractivity contribution in [3.63, 3.8) is 0 Å². The Balaban J connectivity index is 0.972. The molecule has 1 aliphatic carbocycles. The van der Waals surface area contributed by atoms with Crippen LogP contribution in [0.3, 0.4) is 0 Å². The van der Waals surface area contributed by atoms with Gasteiger partial charge in [-0.25, -0.2) is 9.14 Å². The standard InChI is InChI=1S/C46H50N3O9P/c1-48(2)33-22-25-37-41(29-33)56-42-30-34(49(3)4)23-26-38(42)44(37)39-28-32(21-24-36(39)46(52)53)45(51)47-27-14-10-8-6-5-7-9-11-20-43(50)58-59(54,55)57-40-19-15-17-31-16-12-13-18-35(31)40/h12-13,15-19,21-26,28-30H,5-11,14,20,27H2,1-4H3,(H2-,47,51,52,53,54,55). The van der Waals surface area contributed by atoms with Crippen LogP contribution < -0.4 is 29.8 Å². The normalized spacial score (nSPS) is 12.3. The number of carboxylic acid groups (broad SMARTS) is 1. The van der Waals surface area contributed by atoms with E-state index in [0.29, 0.717) is 57.3 Å². The van der Waals surface area contributed by atoms with Crippen molar-refractivity contribution < 1.29 is 42.4 Å². The Bertz CT molecular complexity index is 2570. The molecule has 12 nitrogen and oxygen atoms in total. The minimum absolute atomic E-state index is 0.0180. The Morgan fingerprint density at radius 3 is 2.24 bits per heavy atom. The van der Waals surface area contributed by atoms with E-state index in [0.717, 1.165) is 61.4 Å². The predicted octanol–water partition coefficient (Wildman–Crippen LogP) is 7.78. The monoisotopic (exact) mass is 819 g/mol. The van der Waals surface area contributed by atoms with E-state index in [-0.39, 0.29) is 23.6 Å². The fraction of sp³-hybridized carbons (Fsp3) is 0.304. The molecule has 1 atom stereocenters. The average molecular weight is 820 g/mol. The van der Waals surface area contributed by atoms with E-state index in [2.05, 4.69) is 5.32 Å². The lowest BCUT2D eigenvalue weighted by molar-refractivity contribution is -0.255. The number of phosphoric acid groups is 1. The Morgan fingerprint density at radius 2 is 1.51 bits per heavy atom. The number of benzene rings is 5. The fourth-order valence-corrected chi connectivity index (χ4v) is 7.93. The lowest BCUT2D eigenvalue weighted by atomic mass is 9.89. The van der Waals surface area contributed by atoms with Crippen molar-refractivity contribution in [1.82, 2.24) is 9.89 Å². The second kappa shape index (κ2) is 19.2. The summed E-state index contributed by atoms with van der Waals surface area (Å²) in [5.74, 6) is -1.67. The average Bonchev–Trinajstić information content (AvgIpc) is 3.20. The van der Waals surface area contributed by atoms with Crippen LogP contribution in [0.5, 0.6) is 5.75 Å². The van der Waals surface area contributed by atoms with Gasteiger partial charge in [0.15, 0.2) is 0 Å². The van der Waals surface area contributed by atoms with Crippen LogP contribution in [0.25, 0.3) is 44.2 Å². The fourth-order valence-electron chi connectivity index (χ4n) is 7.14. The molecule has 0 fully saturated rings. The zero-order valence-corrected chi connectivity index (χ0v) is 34.8. The van der Waals surface area contributed by atoms with Crippen molar-refractivity contribution >= 4 is 53.1 Å². The molecule has 0 bridgehead atoms. The lowest BCUT2D eigenvalue weighted by Gasteiger charge is -2.20. The topological polar surface area (TPSA) is 161 Å². The molecule has 6 rings (SSSR count). The van der Waals surface area contributed by atoms with Crippen molar-refractivity contribution in [2.45, 2.75) is 57.8 Å². The molecule has 2 N–H and O–H groups in total. The maximum Gasteiger partial charge on any atom is 0.587 e. The molecular weight excluding hydrogens is 769 g/mol. The molecule has 1 unspecified atom stereocenters. The number of unbranched alkanes of at least 4 members (excludes halogenated alkanes) is 7. The highest BCUT2D eigenvalue weighted by atomic mass is 31.2. The summed E-state index contributed by atoms with van der Waals surface area (Å²) in [5.41, 5.74) is 3.53. The highest BCUT2D eigenvalue weighted by molar-refractivity contribution is 7.48. The molecule has 0 saturated heterocycles. The van der Waals surface area contributed by atoms with E-state index in [1.807, 2.05) is 92.3 Å². The van der Waals surface area contributed by atoms with Gasteiger partial charge in [0, 0.05) is 77.9 Å². The summed E-state index contributed by atoms with van der Waals surface area (Å²) in [6.45, 7) is 0.466. The van der Waals surface area contributed by atoms with Crippen molar-refractivity contribution in [1.29, 1.82) is 0 Å². The van der Waals surface area contributed by atoms with Crippen LogP contribution in [-0.2, 0) is 13.9 Å². The van der Waals surface area contributed by atoms with Gasteiger partial charge in [-0.15, -0.1) is 0 Å². The van der Waals surface area contributed by atoms with Gasteiger partial charge in [0.05, 0.1) is 12.0 Å². The van der Waals surface area contributed by atoms with Gasteiger partial charge in [-0.1, -0.05) is 81.0 Å². The Labute approximate surface area is 343 Å². The summed E-state index contributed by atoms with van der Waals surface area (Å²) < 4.78 is 30.9. The van der Waals surface area contributed by atoms with E-state index in [1.165, 1.54) is 12.1 Å². The number of anilines is 1. The summed E-state index contributed by atoms with van der Waals surface area (Å²) in [7, 11) is 3.11. The number of hydrogen-bond acceptors (Lipinski definition) is 9. The minimum atomic E-state index is -4.63. The number of amides is 1. The maximum absolute atomic E-state index is 13.4. The van der Waals surface area contributed by atoms with E-state index in [1.54, 1.807) is 30.3 Å². The number of nitrogens with one attached hydrogen (secondary N) is 1. The van der Waals surface area contributed by atoms with Crippen molar-refractivity contribution in [3.8, 4) is 28.2 Å². The largest absolute Gasteiger partial charge is 0.587 e. The van der Waals surface area contributed by atoms with Gasteiger partial charge < -0.3 is 33.6 Å². The second-order valence-corrected chi connectivity index (χ2v) is 16.3. The Morgan fingerprint density at radius 1 is 0.797 bits per heavy atom. The molecule has 4 aromatic carbocycles. The predicted molar refractivity (Wildman–Crippen MR) is 228 cm³/mol.